The summed E-state index contributed by atoms with van der Waals surface area (Å²) in [5.41, 5.74) is -1.26. The number of carboxylic acid groups (broad SMARTS) is 1. The van der Waals surface area contributed by atoms with Crippen LogP contribution in [0.4, 0.5) is 0 Å². The van der Waals surface area contributed by atoms with E-state index in [1.807, 2.05) is 0 Å². The zero-order valence-corrected chi connectivity index (χ0v) is 11.2. The molecule has 1 aliphatic rings. The Morgan fingerprint density at radius 2 is 1.78 bits per heavy atom. The van der Waals surface area contributed by atoms with Crippen molar-refractivity contribution in [2.45, 2.75) is 64.7 Å². The lowest BCUT2D eigenvalue weighted by Gasteiger charge is -2.30. The van der Waals surface area contributed by atoms with Crippen LogP contribution in [0.3, 0.4) is 0 Å². The minimum atomic E-state index is -1.26. The van der Waals surface area contributed by atoms with E-state index in [9.17, 15) is 14.7 Å². The number of rotatable bonds is 7. The summed E-state index contributed by atoms with van der Waals surface area (Å²) in [6, 6.07) is 0. The van der Waals surface area contributed by atoms with Crippen molar-refractivity contribution in [3.63, 3.8) is 0 Å². The second-order valence-corrected chi connectivity index (χ2v) is 5.14. The predicted molar refractivity (Wildman–Crippen MR) is 68.3 cm³/mol. The van der Waals surface area contributed by atoms with Crippen molar-refractivity contribution in [2.24, 2.45) is 5.41 Å². The second kappa shape index (κ2) is 7.39. The zero-order valence-electron chi connectivity index (χ0n) is 11.2. The van der Waals surface area contributed by atoms with Crippen molar-refractivity contribution >= 4 is 11.9 Å². The van der Waals surface area contributed by atoms with E-state index in [-0.39, 0.29) is 0 Å². The standard InChI is InChI=1S/C14H24O4/c1-2-3-4-8-11-18-13(17)14(12(15)16)9-6-5-7-10-14/h2-11H2,1H3,(H,15,16). The van der Waals surface area contributed by atoms with Gasteiger partial charge in [-0.05, 0) is 19.3 Å². The number of ether oxygens (including phenoxy) is 1. The molecular weight excluding hydrogens is 232 g/mol. The number of carbonyl (C=O) groups excluding carboxylic acids is 1. The highest BCUT2D eigenvalue weighted by Gasteiger charge is 2.48. The molecule has 0 aromatic heterocycles. The van der Waals surface area contributed by atoms with Crippen molar-refractivity contribution in [3.05, 3.63) is 0 Å². The average molecular weight is 256 g/mol. The zero-order chi connectivity index (χ0) is 13.4. The van der Waals surface area contributed by atoms with Crippen LogP contribution < -0.4 is 0 Å². The van der Waals surface area contributed by atoms with Gasteiger partial charge in [0.15, 0.2) is 5.41 Å². The van der Waals surface area contributed by atoms with Gasteiger partial charge in [0.1, 0.15) is 0 Å². The van der Waals surface area contributed by atoms with Gasteiger partial charge in [0.25, 0.3) is 0 Å². The van der Waals surface area contributed by atoms with Gasteiger partial charge in [-0.2, -0.15) is 0 Å². The van der Waals surface area contributed by atoms with Crippen LogP contribution in [0.1, 0.15) is 64.7 Å². The molecule has 0 unspecified atom stereocenters. The van der Waals surface area contributed by atoms with Crippen LogP contribution >= 0.6 is 0 Å². The van der Waals surface area contributed by atoms with Gasteiger partial charge in [-0.25, -0.2) is 0 Å². The fourth-order valence-electron chi connectivity index (χ4n) is 2.49. The quantitative estimate of drug-likeness (QED) is 0.432. The third-order valence-corrected chi connectivity index (χ3v) is 3.74. The van der Waals surface area contributed by atoms with Crippen molar-refractivity contribution in [3.8, 4) is 0 Å². The smallest absolute Gasteiger partial charge is 0.323 e. The van der Waals surface area contributed by atoms with Gasteiger partial charge in [0, 0.05) is 0 Å². The number of hydrogen-bond acceptors (Lipinski definition) is 3. The van der Waals surface area contributed by atoms with Crippen molar-refractivity contribution < 1.29 is 19.4 Å². The molecule has 0 aromatic rings. The lowest BCUT2D eigenvalue weighted by atomic mass is 9.74. The molecule has 1 rings (SSSR count). The summed E-state index contributed by atoms with van der Waals surface area (Å²) in [6.07, 6.45) is 7.59. The highest BCUT2D eigenvalue weighted by Crippen LogP contribution is 2.37. The van der Waals surface area contributed by atoms with Crippen LogP contribution in [0.2, 0.25) is 0 Å². The molecule has 1 N–H and O–H groups in total. The Labute approximate surface area is 109 Å². The lowest BCUT2D eigenvalue weighted by molar-refractivity contribution is -0.171. The van der Waals surface area contributed by atoms with Crippen LogP contribution in [0, 0.1) is 5.41 Å². The fraction of sp³-hybridized carbons (Fsp3) is 0.857. The van der Waals surface area contributed by atoms with E-state index in [0.29, 0.717) is 19.4 Å². The van der Waals surface area contributed by atoms with E-state index in [1.54, 1.807) is 0 Å². The number of aliphatic carboxylic acids is 1. The van der Waals surface area contributed by atoms with Crippen molar-refractivity contribution in [2.75, 3.05) is 6.61 Å². The largest absolute Gasteiger partial charge is 0.480 e. The van der Waals surface area contributed by atoms with E-state index < -0.39 is 17.4 Å². The molecule has 0 atom stereocenters. The fourth-order valence-corrected chi connectivity index (χ4v) is 2.49. The number of carbonyl (C=O) groups is 2. The van der Waals surface area contributed by atoms with Crippen LogP contribution in [0.25, 0.3) is 0 Å². The monoisotopic (exact) mass is 256 g/mol. The molecule has 0 spiro atoms. The van der Waals surface area contributed by atoms with E-state index in [1.165, 1.54) is 0 Å². The molecule has 1 fully saturated rings. The van der Waals surface area contributed by atoms with Gasteiger partial charge in [-0.3, -0.25) is 9.59 Å². The molecule has 0 amide bonds. The highest BCUT2D eigenvalue weighted by molar-refractivity contribution is 5.99. The molecule has 0 aliphatic heterocycles. The Hall–Kier alpha value is -1.06. The molecule has 0 saturated heterocycles. The van der Waals surface area contributed by atoms with Crippen LogP contribution in [0.5, 0.6) is 0 Å². The summed E-state index contributed by atoms with van der Waals surface area (Å²) in [5.74, 6) is -1.54. The minimum Gasteiger partial charge on any atom is -0.480 e. The Morgan fingerprint density at radius 3 is 2.33 bits per heavy atom. The second-order valence-electron chi connectivity index (χ2n) is 5.14. The molecule has 0 heterocycles. The Kier molecular flexibility index (Phi) is 6.16. The third kappa shape index (κ3) is 3.72. The minimum absolute atomic E-state index is 0.355. The Balaban J connectivity index is 2.43. The number of unbranched alkanes of at least 4 members (excludes halogenated alkanes) is 3. The topological polar surface area (TPSA) is 63.6 Å². The van der Waals surface area contributed by atoms with Crippen molar-refractivity contribution in [1.29, 1.82) is 0 Å². The van der Waals surface area contributed by atoms with E-state index in [2.05, 4.69) is 6.92 Å². The molecular formula is C14H24O4. The molecule has 1 aliphatic carbocycles. The maximum atomic E-state index is 12.0. The molecule has 4 nitrogen and oxygen atoms in total. The SMILES string of the molecule is CCCCCCOC(=O)C1(C(=O)O)CCCCC1. The summed E-state index contributed by atoms with van der Waals surface area (Å²) < 4.78 is 5.17. The van der Waals surface area contributed by atoms with Gasteiger partial charge >= 0.3 is 11.9 Å². The number of hydrogen-bond donors (Lipinski definition) is 1. The first-order valence-electron chi connectivity index (χ1n) is 7.04. The molecule has 104 valence electrons. The molecule has 18 heavy (non-hydrogen) atoms. The highest BCUT2D eigenvalue weighted by atomic mass is 16.5. The van der Waals surface area contributed by atoms with Crippen molar-refractivity contribution in [1.82, 2.24) is 0 Å². The summed E-state index contributed by atoms with van der Waals surface area (Å²) in [6.45, 7) is 2.47. The van der Waals surface area contributed by atoms with Gasteiger partial charge in [-0.1, -0.05) is 45.4 Å². The maximum Gasteiger partial charge on any atom is 0.323 e. The van der Waals surface area contributed by atoms with Crippen LogP contribution in [0.15, 0.2) is 0 Å². The normalized spacial score (nSPS) is 18.3. The van der Waals surface area contributed by atoms with Gasteiger partial charge < -0.3 is 9.84 Å². The Morgan fingerprint density at radius 1 is 1.11 bits per heavy atom. The van der Waals surface area contributed by atoms with Gasteiger partial charge in [0.05, 0.1) is 6.61 Å². The molecule has 0 aromatic carbocycles. The maximum absolute atomic E-state index is 12.0. The number of carboxylic acids is 1. The summed E-state index contributed by atoms with van der Waals surface area (Å²) in [4.78, 5) is 23.3. The van der Waals surface area contributed by atoms with Gasteiger partial charge in [0.2, 0.25) is 0 Å². The average Bonchev–Trinajstić information content (AvgIpc) is 2.39. The first kappa shape index (κ1) is 15.0. The van der Waals surface area contributed by atoms with E-state index in [4.69, 9.17) is 4.74 Å². The summed E-state index contributed by atoms with van der Waals surface area (Å²) in [5, 5.41) is 9.30. The molecule has 0 bridgehead atoms. The lowest BCUT2D eigenvalue weighted by Crippen LogP contribution is -2.42. The van der Waals surface area contributed by atoms with Gasteiger partial charge in [-0.15, -0.1) is 0 Å². The third-order valence-electron chi connectivity index (χ3n) is 3.74. The molecule has 4 heteroatoms. The van der Waals surface area contributed by atoms with Crippen LogP contribution in [-0.4, -0.2) is 23.7 Å². The molecule has 1 saturated carbocycles. The van der Waals surface area contributed by atoms with Crippen LogP contribution in [-0.2, 0) is 14.3 Å². The number of esters is 1. The summed E-state index contributed by atoms with van der Waals surface area (Å²) in [7, 11) is 0. The first-order chi connectivity index (χ1) is 8.63. The predicted octanol–water partition coefficient (Wildman–Crippen LogP) is 3.15. The Bertz CT molecular complexity index is 280. The van der Waals surface area contributed by atoms with E-state index in [0.717, 1.165) is 44.9 Å². The first-order valence-corrected chi connectivity index (χ1v) is 7.04. The summed E-state index contributed by atoms with van der Waals surface area (Å²) >= 11 is 0. The molecule has 0 radical (unpaired) electrons. The van der Waals surface area contributed by atoms with E-state index >= 15 is 0 Å².